The summed E-state index contributed by atoms with van der Waals surface area (Å²) in [6.45, 7) is 0. The molecule has 0 aliphatic carbocycles. The molecule has 0 fully saturated rings. The van der Waals surface area contributed by atoms with Gasteiger partial charge in [-0.05, 0) is 220 Å². The van der Waals surface area contributed by atoms with Crippen LogP contribution in [0.2, 0.25) is 0 Å². The smallest absolute Gasteiger partial charge is 0.271 e. The zero-order valence-corrected chi connectivity index (χ0v) is 55.8. The Bertz CT molecular complexity index is 5370. The maximum absolute atomic E-state index is 11.2. The summed E-state index contributed by atoms with van der Waals surface area (Å²) in [7, 11) is 5.90. The van der Waals surface area contributed by atoms with Gasteiger partial charge in [0.1, 0.15) is 0 Å². The first-order valence-electron chi connectivity index (χ1n) is 33.0. The standard InChI is InChI=1S/C30H23N3.2C29H23N3O2/c1-32(26-14-11-23(22-31)12-15-26)27-17-19-29(20-18-27)33(28-9-3-2-4-10-28)30-16-13-24-7-5-6-8-25(24)21-30;1-30(27-12-7-13-29(21-27)32(33)34)24-16-18-26(19-17-24)31(25-10-3-2-4-11-25)28-15-14-22-8-5-6-9-23(22)20-28;1-30(25-15-19-28(20-16-25)32(33)34)24-13-17-27(18-14-24)31(26-9-3-2-4-10-26)29-12-11-22-7-5-6-8-23(22)21-29/h2-21H,1H3;2*2-21H,1H3. The molecule has 0 aromatic heterocycles. The third-order valence-corrected chi connectivity index (χ3v) is 17.8. The molecule has 0 bridgehead atoms. The van der Waals surface area contributed by atoms with Crippen LogP contribution in [0.4, 0.5) is 96.7 Å². The van der Waals surface area contributed by atoms with Crippen LogP contribution in [0.25, 0.3) is 32.3 Å². The Morgan fingerprint density at radius 2 is 0.485 bits per heavy atom. The summed E-state index contributed by atoms with van der Waals surface area (Å²) in [6.07, 6.45) is 0. The highest BCUT2D eigenvalue weighted by Crippen LogP contribution is 2.42. The topological polar surface area (TPSA) is 130 Å². The third kappa shape index (κ3) is 15.2. The lowest BCUT2D eigenvalue weighted by atomic mass is 10.1. The molecular weight excluding hydrogens is 1250 g/mol. The molecule has 490 valence electrons. The van der Waals surface area contributed by atoms with Gasteiger partial charge in [0.25, 0.3) is 11.4 Å². The van der Waals surface area contributed by atoms with Gasteiger partial charge >= 0.3 is 0 Å². The van der Waals surface area contributed by atoms with Crippen molar-refractivity contribution in [2.24, 2.45) is 0 Å². The van der Waals surface area contributed by atoms with Crippen LogP contribution < -0.4 is 29.4 Å². The van der Waals surface area contributed by atoms with Crippen LogP contribution in [0.15, 0.2) is 364 Å². The second-order valence-electron chi connectivity index (χ2n) is 24.0. The minimum absolute atomic E-state index is 0.0764. The van der Waals surface area contributed by atoms with Crippen molar-refractivity contribution in [3.8, 4) is 6.07 Å². The first-order chi connectivity index (χ1) is 49.4. The van der Waals surface area contributed by atoms with Gasteiger partial charge in [-0.2, -0.15) is 5.26 Å². The first kappa shape index (κ1) is 65.8. The van der Waals surface area contributed by atoms with Gasteiger partial charge < -0.3 is 29.4 Å². The fourth-order valence-corrected chi connectivity index (χ4v) is 12.3. The van der Waals surface area contributed by atoms with Crippen molar-refractivity contribution >= 4 is 129 Å². The number of benzene rings is 15. The fourth-order valence-electron chi connectivity index (χ4n) is 12.3. The van der Waals surface area contributed by atoms with Gasteiger partial charge in [-0.25, -0.2) is 0 Å². The number of rotatable bonds is 17. The molecule has 0 saturated heterocycles. The number of hydrogen-bond donors (Lipinski definition) is 0. The first-order valence-corrected chi connectivity index (χ1v) is 33.0. The second-order valence-corrected chi connectivity index (χ2v) is 24.0. The van der Waals surface area contributed by atoms with Crippen LogP contribution in [0.1, 0.15) is 5.56 Å². The van der Waals surface area contributed by atoms with E-state index in [2.05, 4.69) is 256 Å². The molecule has 0 spiro atoms. The molecule has 0 aliphatic heterocycles. The van der Waals surface area contributed by atoms with E-state index in [4.69, 9.17) is 5.26 Å². The lowest BCUT2D eigenvalue weighted by Gasteiger charge is -2.27. The predicted octanol–water partition coefficient (Wildman–Crippen LogP) is 23.9. The zero-order chi connectivity index (χ0) is 69.6. The van der Waals surface area contributed by atoms with Gasteiger partial charge in [0.15, 0.2) is 0 Å². The average molecular weight is 1320 g/mol. The predicted molar refractivity (Wildman–Crippen MR) is 417 cm³/mol. The monoisotopic (exact) mass is 1320 g/mol. The summed E-state index contributed by atoms with van der Waals surface area (Å²) in [4.78, 5) is 34.2. The molecule has 15 rings (SSSR count). The minimum Gasteiger partial charge on any atom is -0.345 e. The van der Waals surface area contributed by atoms with Crippen LogP contribution >= 0.6 is 0 Å². The molecule has 0 aliphatic rings. The molecule has 0 radical (unpaired) electrons. The molecule has 0 saturated carbocycles. The number of nitriles is 1. The number of nitro groups is 2. The SMILES string of the molecule is CN(c1ccc(C#N)cc1)c1ccc(N(c2ccccc2)c2ccc3ccccc3c2)cc1.CN(c1ccc(N(c2ccccc2)c2ccc3ccccc3c2)cc1)c1ccc([N+](=O)[O-])cc1.CN(c1ccc(N(c2ccccc2)c2ccc3ccccc3c2)cc1)c1cccc([N+](=O)[O-])c1. The van der Waals surface area contributed by atoms with E-state index in [0.29, 0.717) is 5.56 Å². The van der Waals surface area contributed by atoms with E-state index in [1.807, 2.05) is 122 Å². The molecule has 0 amide bonds. The summed E-state index contributed by atoms with van der Waals surface area (Å²) in [6, 6.07) is 124. The van der Waals surface area contributed by atoms with Crippen LogP contribution in [0.5, 0.6) is 0 Å². The van der Waals surface area contributed by atoms with E-state index in [9.17, 15) is 20.2 Å². The fraction of sp³-hybridized carbons (Fsp3) is 0.0341. The second kappa shape index (κ2) is 30.5. The Morgan fingerprint density at radius 3 is 0.802 bits per heavy atom. The highest BCUT2D eigenvalue weighted by molar-refractivity contribution is 5.92. The normalized spacial score (nSPS) is 10.7. The number of anilines is 15. The summed E-state index contributed by atoms with van der Waals surface area (Å²) in [5.41, 5.74) is 16.2. The maximum Gasteiger partial charge on any atom is 0.271 e. The van der Waals surface area contributed by atoms with Crippen molar-refractivity contribution in [2.45, 2.75) is 0 Å². The van der Waals surface area contributed by atoms with Crippen LogP contribution in [-0.2, 0) is 0 Å². The van der Waals surface area contributed by atoms with Gasteiger partial charge in [0.2, 0.25) is 0 Å². The number of non-ortho nitro benzene ring substituents is 2. The number of fused-ring (bicyclic) bond motifs is 3. The van der Waals surface area contributed by atoms with E-state index in [1.54, 1.807) is 24.3 Å². The molecule has 0 heterocycles. The number of para-hydroxylation sites is 3. The summed E-state index contributed by atoms with van der Waals surface area (Å²) < 4.78 is 0. The molecular formula is C88H69N9O4. The third-order valence-electron chi connectivity index (χ3n) is 17.8. The molecule has 15 aromatic rings. The van der Waals surface area contributed by atoms with E-state index >= 15 is 0 Å². The van der Waals surface area contributed by atoms with Crippen LogP contribution in [-0.4, -0.2) is 31.0 Å². The lowest BCUT2D eigenvalue weighted by Crippen LogP contribution is -2.12. The van der Waals surface area contributed by atoms with Gasteiger partial charge in [0.05, 0.1) is 21.5 Å². The van der Waals surface area contributed by atoms with Crippen molar-refractivity contribution in [3.63, 3.8) is 0 Å². The zero-order valence-electron chi connectivity index (χ0n) is 55.8. The number of nitro benzene ring substituents is 2. The molecule has 15 aromatic carbocycles. The van der Waals surface area contributed by atoms with E-state index in [0.717, 1.165) is 85.3 Å². The largest absolute Gasteiger partial charge is 0.345 e. The number of nitrogens with zero attached hydrogens (tertiary/aromatic N) is 9. The van der Waals surface area contributed by atoms with Gasteiger partial charge in [-0.15, -0.1) is 0 Å². The Morgan fingerprint density at radius 1 is 0.238 bits per heavy atom. The van der Waals surface area contributed by atoms with Crippen molar-refractivity contribution < 1.29 is 9.85 Å². The van der Waals surface area contributed by atoms with Crippen molar-refractivity contribution in [1.82, 2.24) is 0 Å². The van der Waals surface area contributed by atoms with Crippen LogP contribution in [0, 0.1) is 31.6 Å². The highest BCUT2D eigenvalue weighted by Gasteiger charge is 2.19. The molecule has 0 N–H and O–H groups in total. The van der Waals surface area contributed by atoms with Gasteiger partial charge in [-0.1, -0.05) is 152 Å². The van der Waals surface area contributed by atoms with E-state index in [-0.39, 0.29) is 21.2 Å². The quantitative estimate of drug-likeness (QED) is 0.0638. The minimum atomic E-state index is -0.385. The summed E-state index contributed by atoms with van der Waals surface area (Å²) >= 11 is 0. The van der Waals surface area contributed by atoms with E-state index in [1.165, 1.54) is 50.5 Å². The molecule has 101 heavy (non-hydrogen) atoms. The van der Waals surface area contributed by atoms with Gasteiger partial charge in [0, 0.05) is 131 Å². The van der Waals surface area contributed by atoms with Crippen LogP contribution in [0.3, 0.4) is 0 Å². The molecule has 13 heteroatoms. The molecule has 13 nitrogen and oxygen atoms in total. The summed E-state index contributed by atoms with van der Waals surface area (Å²) in [5.74, 6) is 0. The summed E-state index contributed by atoms with van der Waals surface area (Å²) in [5, 5.41) is 38.4. The Hall–Kier alpha value is -13.8. The maximum atomic E-state index is 11.2. The Balaban J connectivity index is 0.000000135. The molecule has 0 unspecified atom stereocenters. The van der Waals surface area contributed by atoms with Crippen molar-refractivity contribution in [3.05, 3.63) is 390 Å². The Kier molecular flexibility index (Phi) is 19.9. The Labute approximate surface area is 587 Å². The van der Waals surface area contributed by atoms with Gasteiger partial charge in [-0.3, -0.25) is 20.2 Å². The molecule has 0 atom stereocenters. The van der Waals surface area contributed by atoms with Crippen molar-refractivity contribution in [1.29, 1.82) is 5.26 Å². The lowest BCUT2D eigenvalue weighted by molar-refractivity contribution is -0.385. The van der Waals surface area contributed by atoms with Crippen molar-refractivity contribution in [2.75, 3.05) is 50.5 Å². The number of hydrogen-bond acceptors (Lipinski definition) is 11. The van der Waals surface area contributed by atoms with E-state index < -0.39 is 0 Å². The average Bonchev–Trinajstić information content (AvgIpc) is 0.809. The highest BCUT2D eigenvalue weighted by atomic mass is 16.6.